The van der Waals surface area contributed by atoms with Crippen molar-refractivity contribution in [1.82, 2.24) is 0 Å². The molecule has 3 rings (SSSR count). The second-order valence-corrected chi connectivity index (χ2v) is 5.87. The van der Waals surface area contributed by atoms with Crippen molar-refractivity contribution in [1.29, 1.82) is 0 Å². The molecule has 3 nitrogen and oxygen atoms in total. The van der Waals surface area contributed by atoms with Crippen molar-refractivity contribution in [2.24, 2.45) is 0 Å². The van der Waals surface area contributed by atoms with Gasteiger partial charge in [-0.25, -0.2) is 4.79 Å². The Morgan fingerprint density at radius 1 is 1.23 bits per heavy atom. The number of ether oxygens (including phenoxy) is 2. The summed E-state index contributed by atoms with van der Waals surface area (Å²) in [7, 11) is 0. The van der Waals surface area contributed by atoms with Crippen LogP contribution in [0.1, 0.15) is 24.8 Å². The lowest BCUT2D eigenvalue weighted by Gasteiger charge is -2.26. The van der Waals surface area contributed by atoms with Crippen LogP contribution in [0.5, 0.6) is 0 Å². The third-order valence-corrected chi connectivity index (χ3v) is 4.08. The van der Waals surface area contributed by atoms with E-state index < -0.39 is 23.8 Å². The topological polar surface area (TPSA) is 35.5 Å². The maximum atomic E-state index is 13.3. The van der Waals surface area contributed by atoms with Crippen LogP contribution in [0.4, 0.5) is 13.2 Å². The fourth-order valence-corrected chi connectivity index (χ4v) is 3.00. The summed E-state index contributed by atoms with van der Waals surface area (Å²) in [5.41, 5.74) is 0.753. The highest BCUT2D eigenvalue weighted by Gasteiger charge is 2.40. The predicted molar refractivity (Wildman–Crippen MR) is 91.2 cm³/mol. The minimum atomic E-state index is -4.64. The Labute approximate surface area is 148 Å². The average Bonchev–Trinajstić information content (AvgIpc) is 2.60. The van der Waals surface area contributed by atoms with Gasteiger partial charge in [-0.15, -0.1) is 0 Å². The van der Waals surface area contributed by atoms with E-state index in [9.17, 15) is 18.0 Å². The van der Waals surface area contributed by atoms with Crippen molar-refractivity contribution in [2.45, 2.75) is 25.4 Å². The molecule has 26 heavy (non-hydrogen) atoms. The number of carbonyl (C=O) groups is 1. The van der Waals surface area contributed by atoms with Crippen LogP contribution >= 0.6 is 0 Å². The number of benzene rings is 2. The Balaban J connectivity index is 2.05. The molecule has 6 heteroatoms. The van der Waals surface area contributed by atoms with E-state index in [0.29, 0.717) is 0 Å². The molecule has 0 bridgehead atoms. The molecule has 0 fully saturated rings. The zero-order chi connectivity index (χ0) is 18.7. The van der Waals surface area contributed by atoms with Gasteiger partial charge in [-0.05, 0) is 29.3 Å². The molecule has 0 N–H and O–H groups in total. The summed E-state index contributed by atoms with van der Waals surface area (Å²) < 4.78 is 49.5. The second-order valence-electron chi connectivity index (χ2n) is 5.87. The van der Waals surface area contributed by atoms with E-state index in [2.05, 4.69) is 0 Å². The first kappa shape index (κ1) is 18.0. The van der Waals surface area contributed by atoms with Crippen molar-refractivity contribution in [2.75, 3.05) is 6.61 Å². The fourth-order valence-electron chi connectivity index (χ4n) is 3.00. The molecule has 1 aliphatic rings. The quantitative estimate of drug-likeness (QED) is 0.553. The van der Waals surface area contributed by atoms with Crippen LogP contribution in [-0.4, -0.2) is 18.8 Å². The first-order valence-corrected chi connectivity index (χ1v) is 8.20. The van der Waals surface area contributed by atoms with Crippen LogP contribution in [0, 0.1) is 0 Å². The molecule has 0 unspecified atom stereocenters. The van der Waals surface area contributed by atoms with E-state index in [1.54, 1.807) is 13.0 Å². The molecule has 0 aromatic heterocycles. The highest BCUT2D eigenvalue weighted by atomic mass is 19.4. The van der Waals surface area contributed by atoms with Crippen molar-refractivity contribution in [3.8, 4) is 0 Å². The summed E-state index contributed by atoms with van der Waals surface area (Å²) in [6.07, 6.45) is -2.44. The number of hydrogen-bond acceptors (Lipinski definition) is 3. The summed E-state index contributed by atoms with van der Waals surface area (Å²) in [5, 5.41) is 1.81. The van der Waals surface area contributed by atoms with Crippen molar-refractivity contribution < 1.29 is 27.4 Å². The van der Waals surface area contributed by atoms with E-state index in [0.717, 1.165) is 28.5 Å². The second kappa shape index (κ2) is 7.23. The largest absolute Gasteiger partial charge is 0.463 e. The van der Waals surface area contributed by atoms with Gasteiger partial charge < -0.3 is 9.47 Å². The van der Waals surface area contributed by atoms with E-state index in [1.807, 2.05) is 36.4 Å². The first-order valence-electron chi connectivity index (χ1n) is 8.20. The molecule has 0 saturated heterocycles. The molecule has 1 heterocycles. The Kier molecular flexibility index (Phi) is 5.02. The lowest BCUT2D eigenvalue weighted by atomic mass is 9.88. The predicted octanol–water partition coefficient (Wildman–Crippen LogP) is 5.24. The molecule has 136 valence electrons. The van der Waals surface area contributed by atoms with E-state index >= 15 is 0 Å². The van der Waals surface area contributed by atoms with Gasteiger partial charge in [0.2, 0.25) is 5.76 Å². The van der Waals surface area contributed by atoms with Gasteiger partial charge in [0, 0.05) is 12.3 Å². The molecule has 0 amide bonds. The van der Waals surface area contributed by atoms with Gasteiger partial charge in [-0.1, -0.05) is 42.5 Å². The van der Waals surface area contributed by atoms with Gasteiger partial charge in [0.05, 0.1) is 12.7 Å². The number of allylic oxidation sites excluding steroid dienone is 3. The number of halogens is 3. The summed E-state index contributed by atoms with van der Waals surface area (Å²) in [5.74, 6) is -2.46. The molecule has 0 spiro atoms. The third-order valence-electron chi connectivity index (χ3n) is 4.08. The van der Waals surface area contributed by atoms with Crippen LogP contribution in [0.25, 0.3) is 10.8 Å². The molecule has 1 atom stereocenters. The van der Waals surface area contributed by atoms with Crippen molar-refractivity contribution >= 4 is 16.7 Å². The normalized spacial score (nSPS) is 19.2. The zero-order valence-corrected chi connectivity index (χ0v) is 14.0. The average molecular weight is 362 g/mol. The third kappa shape index (κ3) is 3.90. The van der Waals surface area contributed by atoms with Gasteiger partial charge >= 0.3 is 12.1 Å². The SMILES string of the molecule is CCOC(=O)/C=C1/C[C@H](c2cccc3ccccc23)C=C(C(F)(F)F)O1. The van der Waals surface area contributed by atoms with E-state index in [-0.39, 0.29) is 18.8 Å². The molecule has 0 aliphatic carbocycles. The van der Waals surface area contributed by atoms with Crippen molar-refractivity contribution in [3.63, 3.8) is 0 Å². The lowest BCUT2D eigenvalue weighted by Crippen LogP contribution is -2.21. The number of carbonyl (C=O) groups excluding carboxylic acids is 1. The van der Waals surface area contributed by atoms with Crippen LogP contribution in [-0.2, 0) is 14.3 Å². The van der Waals surface area contributed by atoms with Crippen molar-refractivity contribution in [3.05, 3.63) is 71.7 Å². The van der Waals surface area contributed by atoms with Crippen LogP contribution in [0.15, 0.2) is 66.1 Å². The number of fused-ring (bicyclic) bond motifs is 1. The van der Waals surface area contributed by atoms with Gasteiger partial charge in [-0.3, -0.25) is 0 Å². The minimum absolute atomic E-state index is 0.0591. The maximum Gasteiger partial charge on any atom is 0.449 e. The van der Waals surface area contributed by atoms with Crippen LogP contribution in [0.3, 0.4) is 0 Å². The zero-order valence-electron chi connectivity index (χ0n) is 14.0. The van der Waals surface area contributed by atoms with Gasteiger partial charge in [0.15, 0.2) is 0 Å². The monoisotopic (exact) mass is 362 g/mol. The number of esters is 1. The highest BCUT2D eigenvalue weighted by molar-refractivity contribution is 5.86. The summed E-state index contributed by atoms with van der Waals surface area (Å²) in [6, 6.07) is 13.0. The summed E-state index contributed by atoms with van der Waals surface area (Å²) in [4.78, 5) is 11.6. The lowest BCUT2D eigenvalue weighted by molar-refractivity contribution is -0.138. The number of alkyl halides is 3. The van der Waals surface area contributed by atoms with Gasteiger partial charge in [-0.2, -0.15) is 13.2 Å². The maximum absolute atomic E-state index is 13.3. The highest BCUT2D eigenvalue weighted by Crippen LogP contribution is 2.41. The smallest absolute Gasteiger partial charge is 0.449 e. The van der Waals surface area contributed by atoms with Gasteiger partial charge in [0.25, 0.3) is 0 Å². The number of rotatable bonds is 3. The molecule has 1 aliphatic heterocycles. The van der Waals surface area contributed by atoms with Crippen LogP contribution in [0.2, 0.25) is 0 Å². The fraction of sp³-hybridized carbons (Fsp3) is 0.250. The first-order chi connectivity index (χ1) is 12.4. The van der Waals surface area contributed by atoms with E-state index in [4.69, 9.17) is 9.47 Å². The summed E-state index contributed by atoms with van der Waals surface area (Å²) >= 11 is 0. The number of hydrogen-bond donors (Lipinski definition) is 0. The van der Waals surface area contributed by atoms with Crippen LogP contribution < -0.4 is 0 Å². The van der Waals surface area contributed by atoms with Gasteiger partial charge in [0.1, 0.15) is 5.76 Å². The standard InChI is InChI=1S/C20H17F3O3/c1-2-25-19(24)12-15-10-14(11-18(26-15)20(21,22)23)17-9-5-7-13-6-3-4-8-16(13)17/h3-9,11-12,14H,2,10H2,1H3/b15-12-/t14-/m0/s1. The minimum Gasteiger partial charge on any atom is -0.463 e. The molecule has 2 aromatic carbocycles. The molecule has 0 saturated carbocycles. The Hall–Kier alpha value is -2.76. The summed E-state index contributed by atoms with van der Waals surface area (Å²) in [6.45, 7) is 1.76. The molecule has 2 aromatic rings. The molecule has 0 radical (unpaired) electrons. The Bertz CT molecular complexity index is 876. The molecular weight excluding hydrogens is 345 g/mol. The van der Waals surface area contributed by atoms with E-state index in [1.165, 1.54) is 0 Å². The Morgan fingerprint density at radius 3 is 2.69 bits per heavy atom. The Morgan fingerprint density at radius 2 is 1.96 bits per heavy atom. The molecular formula is C20H17F3O3.